The molecule has 29 heavy (non-hydrogen) atoms. The van der Waals surface area contributed by atoms with Crippen molar-refractivity contribution in [2.75, 3.05) is 26.7 Å². The van der Waals surface area contributed by atoms with E-state index in [0.717, 1.165) is 31.2 Å². The fraction of sp³-hybridized carbons (Fsp3) is 0.409. The third kappa shape index (κ3) is 5.58. The highest BCUT2D eigenvalue weighted by atomic mass is 32.2. The second-order valence-corrected chi connectivity index (χ2v) is 8.94. The fourth-order valence-corrected chi connectivity index (χ4v) is 4.75. The van der Waals surface area contributed by atoms with E-state index in [9.17, 15) is 13.2 Å². The largest absolute Gasteiger partial charge is 0.495 e. The number of methoxy groups -OCH3 is 1. The van der Waals surface area contributed by atoms with Crippen molar-refractivity contribution in [3.05, 3.63) is 59.7 Å². The molecule has 0 bridgehead atoms. The fourth-order valence-electron chi connectivity index (χ4n) is 3.53. The zero-order chi connectivity index (χ0) is 20.7. The first-order valence-electron chi connectivity index (χ1n) is 10.0. The maximum absolute atomic E-state index is 12.9. The Hall–Kier alpha value is -2.38. The Morgan fingerprint density at radius 3 is 2.38 bits per heavy atom. The summed E-state index contributed by atoms with van der Waals surface area (Å²) in [5, 5.41) is 0. The number of amides is 1. The molecule has 1 aliphatic rings. The summed E-state index contributed by atoms with van der Waals surface area (Å²) in [6.07, 6.45) is 4.78. The topological polar surface area (TPSA) is 75.7 Å². The summed E-state index contributed by atoms with van der Waals surface area (Å²) < 4.78 is 33.7. The molecule has 7 heteroatoms. The van der Waals surface area contributed by atoms with Crippen molar-refractivity contribution in [1.29, 1.82) is 0 Å². The van der Waals surface area contributed by atoms with Crippen LogP contribution in [0.25, 0.3) is 0 Å². The Kier molecular flexibility index (Phi) is 7.28. The second-order valence-electron chi connectivity index (χ2n) is 7.21. The lowest BCUT2D eigenvalue weighted by molar-refractivity contribution is 0.0761. The highest BCUT2D eigenvalue weighted by Crippen LogP contribution is 2.26. The molecule has 0 atom stereocenters. The summed E-state index contributed by atoms with van der Waals surface area (Å²) in [6.45, 7) is 1.68. The van der Waals surface area contributed by atoms with Crippen LogP contribution in [-0.2, 0) is 16.4 Å². The van der Waals surface area contributed by atoms with Gasteiger partial charge in [-0.05, 0) is 43.0 Å². The van der Waals surface area contributed by atoms with Crippen LogP contribution >= 0.6 is 0 Å². The standard InChI is InChI=1S/C22H28N2O4S/c1-28-20-12-11-19(22(25)24-15-7-2-3-8-16-24)17-21(20)29(26,27)23-14-13-18-9-5-4-6-10-18/h4-6,9-12,17,23H,2-3,7-8,13-16H2,1H3. The SMILES string of the molecule is COc1ccc(C(=O)N2CCCCCC2)cc1S(=O)(=O)NCCc1ccccc1. The molecule has 1 N–H and O–H groups in total. The molecule has 3 rings (SSSR count). The van der Waals surface area contributed by atoms with E-state index in [-0.39, 0.29) is 23.1 Å². The zero-order valence-corrected chi connectivity index (χ0v) is 17.6. The summed E-state index contributed by atoms with van der Waals surface area (Å²) in [4.78, 5) is 14.7. The van der Waals surface area contributed by atoms with Gasteiger partial charge in [-0.1, -0.05) is 43.2 Å². The van der Waals surface area contributed by atoms with Gasteiger partial charge in [-0.25, -0.2) is 13.1 Å². The number of ether oxygens (including phenoxy) is 1. The van der Waals surface area contributed by atoms with E-state index in [0.29, 0.717) is 25.1 Å². The number of likely N-dealkylation sites (tertiary alicyclic amines) is 1. The molecule has 1 saturated heterocycles. The average molecular weight is 417 g/mol. The molecule has 0 saturated carbocycles. The van der Waals surface area contributed by atoms with Gasteiger partial charge < -0.3 is 9.64 Å². The van der Waals surface area contributed by atoms with Gasteiger partial charge in [-0.15, -0.1) is 0 Å². The van der Waals surface area contributed by atoms with Crippen LogP contribution in [-0.4, -0.2) is 46.0 Å². The van der Waals surface area contributed by atoms with Gasteiger partial charge in [0.05, 0.1) is 7.11 Å². The van der Waals surface area contributed by atoms with E-state index in [4.69, 9.17) is 4.74 Å². The van der Waals surface area contributed by atoms with Crippen molar-refractivity contribution < 1.29 is 17.9 Å². The normalized spacial score (nSPS) is 15.0. The lowest BCUT2D eigenvalue weighted by atomic mass is 10.2. The predicted octanol–water partition coefficient (Wildman–Crippen LogP) is 3.23. The number of carbonyl (C=O) groups excluding carboxylic acids is 1. The maximum Gasteiger partial charge on any atom is 0.253 e. The molecule has 1 fully saturated rings. The predicted molar refractivity (Wildman–Crippen MR) is 113 cm³/mol. The molecular weight excluding hydrogens is 388 g/mol. The Bertz CT molecular complexity index is 921. The van der Waals surface area contributed by atoms with Crippen molar-refractivity contribution in [3.63, 3.8) is 0 Å². The van der Waals surface area contributed by atoms with Crippen molar-refractivity contribution in [2.45, 2.75) is 37.0 Å². The van der Waals surface area contributed by atoms with Crippen LogP contribution in [0.5, 0.6) is 5.75 Å². The number of sulfonamides is 1. The summed E-state index contributed by atoms with van der Waals surface area (Å²) in [5.74, 6) is 0.0971. The van der Waals surface area contributed by atoms with Crippen LogP contribution in [0.1, 0.15) is 41.6 Å². The van der Waals surface area contributed by atoms with Crippen molar-refractivity contribution in [3.8, 4) is 5.75 Å². The van der Waals surface area contributed by atoms with Gasteiger partial charge >= 0.3 is 0 Å². The van der Waals surface area contributed by atoms with Gasteiger partial charge in [0.15, 0.2) is 0 Å². The molecular formula is C22H28N2O4S. The first-order valence-corrected chi connectivity index (χ1v) is 11.5. The van der Waals surface area contributed by atoms with Gasteiger partial charge in [-0.3, -0.25) is 4.79 Å². The van der Waals surface area contributed by atoms with Crippen LogP contribution < -0.4 is 9.46 Å². The summed E-state index contributed by atoms with van der Waals surface area (Å²) in [6, 6.07) is 14.3. The monoisotopic (exact) mass is 416 g/mol. The van der Waals surface area contributed by atoms with Crippen LogP contribution in [0.4, 0.5) is 0 Å². The number of nitrogens with one attached hydrogen (secondary N) is 1. The van der Waals surface area contributed by atoms with E-state index < -0.39 is 10.0 Å². The van der Waals surface area contributed by atoms with Crippen LogP contribution in [0, 0.1) is 0 Å². The highest BCUT2D eigenvalue weighted by Gasteiger charge is 2.24. The summed E-state index contributed by atoms with van der Waals surface area (Å²) >= 11 is 0. The molecule has 1 heterocycles. The van der Waals surface area contributed by atoms with E-state index >= 15 is 0 Å². The molecule has 156 valence electrons. The third-order valence-electron chi connectivity index (χ3n) is 5.14. The minimum atomic E-state index is -3.81. The number of hydrogen-bond acceptors (Lipinski definition) is 4. The Balaban J connectivity index is 1.77. The number of nitrogens with zero attached hydrogens (tertiary/aromatic N) is 1. The second kappa shape index (κ2) is 9.89. The molecule has 0 aliphatic carbocycles. The quantitative estimate of drug-likeness (QED) is 0.752. The zero-order valence-electron chi connectivity index (χ0n) is 16.8. The van der Waals surface area contributed by atoms with Crippen LogP contribution in [0.15, 0.2) is 53.4 Å². The van der Waals surface area contributed by atoms with E-state index in [1.807, 2.05) is 35.2 Å². The molecule has 0 radical (unpaired) electrons. The lowest BCUT2D eigenvalue weighted by Crippen LogP contribution is -2.32. The van der Waals surface area contributed by atoms with E-state index in [1.54, 1.807) is 12.1 Å². The highest BCUT2D eigenvalue weighted by molar-refractivity contribution is 7.89. The van der Waals surface area contributed by atoms with Gasteiger partial charge in [-0.2, -0.15) is 0 Å². The average Bonchev–Trinajstić information content (AvgIpc) is 3.03. The third-order valence-corrected chi connectivity index (χ3v) is 6.62. The first-order chi connectivity index (χ1) is 14.0. The summed E-state index contributed by atoms with van der Waals surface area (Å²) in [7, 11) is -2.39. The van der Waals surface area contributed by atoms with E-state index in [2.05, 4.69) is 4.72 Å². The number of rotatable bonds is 7. The van der Waals surface area contributed by atoms with Crippen molar-refractivity contribution in [2.24, 2.45) is 0 Å². The molecule has 2 aromatic rings. The van der Waals surface area contributed by atoms with Gasteiger partial charge in [0.1, 0.15) is 10.6 Å². The number of benzene rings is 2. The first kappa shape index (κ1) is 21.3. The van der Waals surface area contributed by atoms with Crippen LogP contribution in [0.3, 0.4) is 0 Å². The Morgan fingerprint density at radius 2 is 1.72 bits per heavy atom. The molecule has 0 aromatic heterocycles. The Morgan fingerprint density at radius 1 is 1.03 bits per heavy atom. The van der Waals surface area contributed by atoms with Crippen molar-refractivity contribution >= 4 is 15.9 Å². The summed E-state index contributed by atoms with van der Waals surface area (Å²) in [5.41, 5.74) is 1.42. The lowest BCUT2D eigenvalue weighted by Gasteiger charge is -2.21. The molecule has 0 unspecified atom stereocenters. The molecule has 6 nitrogen and oxygen atoms in total. The minimum absolute atomic E-state index is 0.00580. The maximum atomic E-state index is 12.9. The van der Waals surface area contributed by atoms with Gasteiger partial charge in [0.2, 0.25) is 10.0 Å². The Labute approximate surface area is 172 Å². The molecule has 1 aliphatic heterocycles. The van der Waals surface area contributed by atoms with E-state index in [1.165, 1.54) is 13.2 Å². The van der Waals surface area contributed by atoms with Crippen molar-refractivity contribution in [1.82, 2.24) is 9.62 Å². The van der Waals surface area contributed by atoms with Gasteiger partial charge in [0.25, 0.3) is 5.91 Å². The number of hydrogen-bond donors (Lipinski definition) is 1. The molecule has 2 aromatic carbocycles. The van der Waals surface area contributed by atoms with Gasteiger partial charge in [0, 0.05) is 25.2 Å². The minimum Gasteiger partial charge on any atom is -0.495 e. The molecule has 1 amide bonds. The number of carbonyl (C=O) groups is 1. The van der Waals surface area contributed by atoms with Crippen LogP contribution in [0.2, 0.25) is 0 Å². The molecule has 0 spiro atoms. The smallest absolute Gasteiger partial charge is 0.253 e.